The zero-order valence-corrected chi connectivity index (χ0v) is 13.4. The number of hydrogen-bond donors (Lipinski definition) is 2. The molecule has 110 valence electrons. The molecule has 0 saturated heterocycles. The Balaban J connectivity index is 4.57. The molecule has 0 aromatic heterocycles. The standard InChI is InChI=1S/C16H34O2/c1-8-13(10(2)3)14(17)9-15(18)16(11(4)5)12(6)7/h10-18H,8-9H2,1-7H3. The molecule has 2 nitrogen and oxygen atoms in total. The maximum Gasteiger partial charge on any atom is 0.0598 e. The van der Waals surface area contributed by atoms with Gasteiger partial charge in [0.15, 0.2) is 0 Å². The van der Waals surface area contributed by atoms with E-state index in [1.165, 1.54) is 0 Å². The van der Waals surface area contributed by atoms with Gasteiger partial charge in [0.2, 0.25) is 0 Å². The number of rotatable bonds is 8. The summed E-state index contributed by atoms with van der Waals surface area (Å²) in [6, 6.07) is 0. The van der Waals surface area contributed by atoms with Crippen LogP contribution in [-0.4, -0.2) is 22.4 Å². The Morgan fingerprint density at radius 3 is 1.44 bits per heavy atom. The quantitative estimate of drug-likeness (QED) is 0.697. The van der Waals surface area contributed by atoms with Crippen molar-refractivity contribution in [1.82, 2.24) is 0 Å². The molecule has 0 amide bonds. The molecule has 0 spiro atoms. The summed E-state index contributed by atoms with van der Waals surface area (Å²) in [4.78, 5) is 0. The largest absolute Gasteiger partial charge is 0.393 e. The third kappa shape index (κ3) is 5.27. The van der Waals surface area contributed by atoms with Crippen LogP contribution in [0.5, 0.6) is 0 Å². The van der Waals surface area contributed by atoms with Gasteiger partial charge in [-0.2, -0.15) is 0 Å². The van der Waals surface area contributed by atoms with Crippen LogP contribution in [0.2, 0.25) is 0 Å². The predicted molar refractivity (Wildman–Crippen MR) is 78.4 cm³/mol. The maximum atomic E-state index is 10.4. The summed E-state index contributed by atoms with van der Waals surface area (Å²) in [7, 11) is 0. The monoisotopic (exact) mass is 258 g/mol. The van der Waals surface area contributed by atoms with Crippen molar-refractivity contribution in [3.63, 3.8) is 0 Å². The highest BCUT2D eigenvalue weighted by Gasteiger charge is 2.30. The van der Waals surface area contributed by atoms with E-state index in [1.54, 1.807) is 0 Å². The average Bonchev–Trinajstić information content (AvgIpc) is 2.15. The smallest absolute Gasteiger partial charge is 0.0598 e. The molecule has 2 N–H and O–H groups in total. The lowest BCUT2D eigenvalue weighted by molar-refractivity contribution is -0.0162. The van der Waals surface area contributed by atoms with E-state index in [2.05, 4.69) is 48.5 Å². The van der Waals surface area contributed by atoms with Gasteiger partial charge in [-0.1, -0.05) is 54.9 Å². The lowest BCUT2D eigenvalue weighted by atomic mass is 9.77. The van der Waals surface area contributed by atoms with E-state index in [0.29, 0.717) is 30.1 Å². The summed E-state index contributed by atoms with van der Waals surface area (Å²) in [6.45, 7) is 15.0. The molecule has 0 rings (SSSR count). The van der Waals surface area contributed by atoms with Crippen LogP contribution in [0.4, 0.5) is 0 Å². The molecule has 0 radical (unpaired) electrons. The summed E-state index contributed by atoms with van der Waals surface area (Å²) in [5.41, 5.74) is 0. The average molecular weight is 258 g/mol. The van der Waals surface area contributed by atoms with Crippen LogP contribution < -0.4 is 0 Å². The van der Waals surface area contributed by atoms with Crippen LogP contribution in [0.1, 0.15) is 61.3 Å². The van der Waals surface area contributed by atoms with E-state index in [1.807, 2.05) is 0 Å². The SMILES string of the molecule is CCC(C(C)C)C(O)CC(O)C(C(C)C)C(C)C. The highest BCUT2D eigenvalue weighted by atomic mass is 16.3. The van der Waals surface area contributed by atoms with E-state index in [-0.39, 0.29) is 12.0 Å². The van der Waals surface area contributed by atoms with E-state index >= 15 is 0 Å². The van der Waals surface area contributed by atoms with Gasteiger partial charge in [-0.05, 0) is 36.0 Å². The molecule has 0 aromatic carbocycles. The van der Waals surface area contributed by atoms with Crippen LogP contribution in [0, 0.1) is 29.6 Å². The fraction of sp³-hybridized carbons (Fsp3) is 1.00. The van der Waals surface area contributed by atoms with Crippen molar-refractivity contribution < 1.29 is 10.2 Å². The fourth-order valence-electron chi connectivity index (χ4n) is 3.43. The van der Waals surface area contributed by atoms with Crippen molar-refractivity contribution in [2.75, 3.05) is 0 Å². The molecular weight excluding hydrogens is 224 g/mol. The molecule has 0 bridgehead atoms. The van der Waals surface area contributed by atoms with Gasteiger partial charge >= 0.3 is 0 Å². The Labute approximate surface area is 114 Å². The van der Waals surface area contributed by atoms with Gasteiger partial charge < -0.3 is 10.2 Å². The molecule has 0 fully saturated rings. The number of aliphatic hydroxyl groups is 2. The molecule has 2 heteroatoms. The molecule has 0 aliphatic carbocycles. The lowest BCUT2D eigenvalue weighted by Crippen LogP contribution is -2.36. The molecule has 3 atom stereocenters. The Kier molecular flexibility index (Phi) is 8.13. The minimum atomic E-state index is -0.396. The summed E-state index contributed by atoms with van der Waals surface area (Å²) in [5, 5.41) is 20.7. The van der Waals surface area contributed by atoms with Crippen molar-refractivity contribution >= 4 is 0 Å². The Hall–Kier alpha value is -0.0800. The van der Waals surface area contributed by atoms with E-state index in [9.17, 15) is 10.2 Å². The maximum absolute atomic E-state index is 10.4. The molecule has 0 aliphatic rings. The summed E-state index contributed by atoms with van der Waals surface area (Å²) in [6.07, 6.45) is 0.704. The normalized spacial score (nSPS) is 17.8. The zero-order chi connectivity index (χ0) is 14.5. The molecule has 0 aliphatic heterocycles. The van der Waals surface area contributed by atoms with E-state index in [0.717, 1.165) is 6.42 Å². The molecule has 0 heterocycles. The summed E-state index contributed by atoms with van der Waals surface area (Å²) >= 11 is 0. The first kappa shape index (κ1) is 17.9. The Morgan fingerprint density at radius 1 is 0.722 bits per heavy atom. The highest BCUT2D eigenvalue weighted by molar-refractivity contribution is 4.80. The second-order valence-electron chi connectivity index (χ2n) is 6.75. The van der Waals surface area contributed by atoms with Gasteiger partial charge in [-0.3, -0.25) is 0 Å². The third-order valence-corrected chi connectivity index (χ3v) is 4.29. The van der Waals surface area contributed by atoms with Crippen molar-refractivity contribution in [2.45, 2.75) is 73.5 Å². The van der Waals surface area contributed by atoms with Crippen LogP contribution in [0.15, 0.2) is 0 Å². The molecular formula is C16H34O2. The minimum absolute atomic E-state index is 0.268. The molecule has 18 heavy (non-hydrogen) atoms. The summed E-state index contributed by atoms with van der Waals surface area (Å²) in [5.74, 6) is 1.93. The molecule has 0 saturated carbocycles. The van der Waals surface area contributed by atoms with Gasteiger partial charge in [0.25, 0.3) is 0 Å². The Morgan fingerprint density at radius 2 is 1.17 bits per heavy atom. The van der Waals surface area contributed by atoms with Gasteiger partial charge in [0, 0.05) is 0 Å². The van der Waals surface area contributed by atoms with Crippen molar-refractivity contribution in [2.24, 2.45) is 29.6 Å². The lowest BCUT2D eigenvalue weighted by Gasteiger charge is -2.33. The molecule has 0 aromatic rings. The third-order valence-electron chi connectivity index (χ3n) is 4.29. The number of hydrogen-bond acceptors (Lipinski definition) is 2. The van der Waals surface area contributed by atoms with E-state index in [4.69, 9.17) is 0 Å². The van der Waals surface area contributed by atoms with Crippen LogP contribution in [0.25, 0.3) is 0 Å². The van der Waals surface area contributed by atoms with Gasteiger partial charge in [-0.15, -0.1) is 0 Å². The first-order valence-electron chi connectivity index (χ1n) is 7.58. The zero-order valence-electron chi connectivity index (χ0n) is 13.4. The van der Waals surface area contributed by atoms with Crippen molar-refractivity contribution in [3.05, 3.63) is 0 Å². The predicted octanol–water partition coefficient (Wildman–Crippen LogP) is 3.71. The molecule has 3 unspecified atom stereocenters. The van der Waals surface area contributed by atoms with Crippen molar-refractivity contribution in [3.8, 4) is 0 Å². The minimum Gasteiger partial charge on any atom is -0.393 e. The van der Waals surface area contributed by atoms with Crippen molar-refractivity contribution in [1.29, 1.82) is 0 Å². The van der Waals surface area contributed by atoms with E-state index < -0.39 is 6.10 Å². The van der Waals surface area contributed by atoms with Gasteiger partial charge in [0.1, 0.15) is 0 Å². The van der Waals surface area contributed by atoms with Crippen LogP contribution in [0.3, 0.4) is 0 Å². The van der Waals surface area contributed by atoms with Crippen LogP contribution in [-0.2, 0) is 0 Å². The fourth-order valence-corrected chi connectivity index (χ4v) is 3.43. The van der Waals surface area contributed by atoms with Gasteiger partial charge in [-0.25, -0.2) is 0 Å². The first-order chi connectivity index (χ1) is 8.22. The highest BCUT2D eigenvalue weighted by Crippen LogP contribution is 2.29. The summed E-state index contributed by atoms with van der Waals surface area (Å²) < 4.78 is 0. The van der Waals surface area contributed by atoms with Crippen LogP contribution >= 0.6 is 0 Å². The second kappa shape index (κ2) is 8.16. The Bertz CT molecular complexity index is 203. The number of aliphatic hydroxyl groups excluding tert-OH is 2. The second-order valence-corrected chi connectivity index (χ2v) is 6.75. The topological polar surface area (TPSA) is 40.5 Å². The van der Waals surface area contributed by atoms with Gasteiger partial charge in [0.05, 0.1) is 12.2 Å². The first-order valence-corrected chi connectivity index (χ1v) is 7.58.